The second-order valence-corrected chi connectivity index (χ2v) is 6.07. The monoisotopic (exact) mass is 390 g/mol. The van der Waals surface area contributed by atoms with E-state index in [2.05, 4.69) is 28.0 Å². The van der Waals surface area contributed by atoms with Gasteiger partial charge in [-0.3, -0.25) is 0 Å². The van der Waals surface area contributed by atoms with Crippen LogP contribution in [-0.2, 0) is 16.1 Å². The number of benzene rings is 2. The SMILES string of the molecule is CCc1ccc(OCC(=O)O/N=C(\N)c2cccc(C)c2)c(Br)c1. The Morgan fingerprint density at radius 3 is 2.71 bits per heavy atom. The largest absolute Gasteiger partial charge is 0.481 e. The van der Waals surface area contributed by atoms with Crippen molar-refractivity contribution in [2.24, 2.45) is 10.9 Å². The number of nitrogens with two attached hydrogens (primary N) is 1. The fraction of sp³-hybridized carbons (Fsp3) is 0.222. The van der Waals surface area contributed by atoms with Crippen LogP contribution >= 0.6 is 15.9 Å². The first kappa shape index (κ1) is 18.0. The molecule has 0 heterocycles. The van der Waals surface area contributed by atoms with Crippen molar-refractivity contribution in [3.63, 3.8) is 0 Å². The van der Waals surface area contributed by atoms with Crippen molar-refractivity contribution in [3.8, 4) is 5.75 Å². The highest BCUT2D eigenvalue weighted by molar-refractivity contribution is 9.10. The fourth-order valence-corrected chi connectivity index (χ4v) is 2.54. The smallest absolute Gasteiger partial charge is 0.372 e. The number of carbonyl (C=O) groups excluding carboxylic acids is 1. The van der Waals surface area contributed by atoms with E-state index in [0.717, 1.165) is 16.5 Å². The van der Waals surface area contributed by atoms with Gasteiger partial charge < -0.3 is 15.3 Å². The first-order chi connectivity index (χ1) is 11.5. The van der Waals surface area contributed by atoms with Crippen LogP contribution in [0, 0.1) is 6.92 Å². The molecule has 0 aromatic heterocycles. The number of rotatable bonds is 6. The van der Waals surface area contributed by atoms with E-state index in [1.807, 2.05) is 37.3 Å². The minimum absolute atomic E-state index is 0.139. The molecule has 0 aliphatic rings. The summed E-state index contributed by atoms with van der Waals surface area (Å²) >= 11 is 3.41. The maximum Gasteiger partial charge on any atom is 0.372 e. The Morgan fingerprint density at radius 2 is 2.04 bits per heavy atom. The molecule has 0 atom stereocenters. The molecule has 0 bridgehead atoms. The summed E-state index contributed by atoms with van der Waals surface area (Å²) in [7, 11) is 0. The Bertz CT molecular complexity index is 760. The van der Waals surface area contributed by atoms with Crippen molar-refractivity contribution in [1.82, 2.24) is 0 Å². The van der Waals surface area contributed by atoms with Gasteiger partial charge in [0, 0.05) is 5.56 Å². The lowest BCUT2D eigenvalue weighted by Crippen LogP contribution is -2.18. The Kier molecular flexibility index (Phi) is 6.37. The van der Waals surface area contributed by atoms with Gasteiger partial charge in [0.25, 0.3) is 0 Å². The van der Waals surface area contributed by atoms with E-state index in [4.69, 9.17) is 15.3 Å². The van der Waals surface area contributed by atoms with Crippen LogP contribution in [0.15, 0.2) is 52.1 Å². The minimum Gasteiger partial charge on any atom is -0.481 e. The second kappa shape index (κ2) is 8.49. The van der Waals surface area contributed by atoms with Crippen LogP contribution in [0.1, 0.15) is 23.6 Å². The Balaban J connectivity index is 1.90. The third-order valence-corrected chi connectivity index (χ3v) is 3.93. The van der Waals surface area contributed by atoms with E-state index >= 15 is 0 Å². The Labute approximate surface area is 149 Å². The van der Waals surface area contributed by atoms with Gasteiger partial charge in [0.2, 0.25) is 0 Å². The minimum atomic E-state index is -0.628. The summed E-state index contributed by atoms with van der Waals surface area (Å²) in [4.78, 5) is 16.5. The number of halogens is 1. The summed E-state index contributed by atoms with van der Waals surface area (Å²) in [6.45, 7) is 3.75. The van der Waals surface area contributed by atoms with E-state index in [0.29, 0.717) is 11.3 Å². The van der Waals surface area contributed by atoms with Crippen LogP contribution < -0.4 is 10.5 Å². The molecule has 0 aliphatic carbocycles. The molecular formula is C18H19BrN2O3. The molecular weight excluding hydrogens is 372 g/mol. The molecule has 0 aliphatic heterocycles. The van der Waals surface area contributed by atoms with Gasteiger partial charge in [0.1, 0.15) is 5.75 Å². The molecule has 5 nitrogen and oxygen atoms in total. The molecule has 2 rings (SSSR count). The molecule has 0 unspecified atom stereocenters. The van der Waals surface area contributed by atoms with Crippen molar-refractivity contribution in [2.45, 2.75) is 20.3 Å². The van der Waals surface area contributed by atoms with Crippen LogP contribution in [0.4, 0.5) is 0 Å². The molecule has 2 aromatic carbocycles. The van der Waals surface area contributed by atoms with Crippen LogP contribution in [-0.4, -0.2) is 18.4 Å². The number of amidine groups is 1. The molecule has 0 spiro atoms. The molecule has 2 N–H and O–H groups in total. The highest BCUT2D eigenvalue weighted by Gasteiger charge is 2.08. The molecule has 0 fully saturated rings. The molecule has 126 valence electrons. The maximum atomic E-state index is 11.7. The highest BCUT2D eigenvalue weighted by Crippen LogP contribution is 2.26. The van der Waals surface area contributed by atoms with Crippen LogP contribution in [0.25, 0.3) is 0 Å². The molecule has 6 heteroatoms. The zero-order valence-corrected chi connectivity index (χ0v) is 15.2. The van der Waals surface area contributed by atoms with Gasteiger partial charge in [-0.15, -0.1) is 0 Å². The lowest BCUT2D eigenvalue weighted by Gasteiger charge is -2.08. The van der Waals surface area contributed by atoms with E-state index in [-0.39, 0.29) is 12.4 Å². The van der Waals surface area contributed by atoms with Crippen molar-refractivity contribution in [3.05, 3.63) is 63.6 Å². The van der Waals surface area contributed by atoms with Gasteiger partial charge in [-0.05, 0) is 53.0 Å². The van der Waals surface area contributed by atoms with Gasteiger partial charge in [-0.1, -0.05) is 41.9 Å². The average Bonchev–Trinajstić information content (AvgIpc) is 2.58. The Hall–Kier alpha value is -2.34. The normalized spacial score (nSPS) is 11.2. The highest BCUT2D eigenvalue weighted by atomic mass is 79.9. The first-order valence-corrected chi connectivity index (χ1v) is 8.30. The third kappa shape index (κ3) is 5.09. The molecule has 0 amide bonds. The number of aryl methyl sites for hydroxylation is 2. The van der Waals surface area contributed by atoms with Crippen molar-refractivity contribution < 1.29 is 14.4 Å². The number of oxime groups is 1. The second-order valence-electron chi connectivity index (χ2n) is 5.22. The first-order valence-electron chi connectivity index (χ1n) is 7.51. The third-order valence-electron chi connectivity index (χ3n) is 3.31. The molecule has 0 saturated heterocycles. The van der Waals surface area contributed by atoms with E-state index in [1.165, 1.54) is 5.56 Å². The number of hydrogen-bond acceptors (Lipinski definition) is 4. The van der Waals surface area contributed by atoms with Gasteiger partial charge in [-0.2, -0.15) is 0 Å². The van der Waals surface area contributed by atoms with Gasteiger partial charge >= 0.3 is 5.97 Å². The predicted molar refractivity (Wildman–Crippen MR) is 97.0 cm³/mol. The summed E-state index contributed by atoms with van der Waals surface area (Å²) < 4.78 is 6.21. The summed E-state index contributed by atoms with van der Waals surface area (Å²) in [5.41, 5.74) is 8.71. The lowest BCUT2D eigenvalue weighted by atomic mass is 10.1. The molecule has 0 saturated carbocycles. The standard InChI is InChI=1S/C18H19BrN2O3/c1-3-13-7-8-16(15(19)10-13)23-11-17(22)24-21-18(20)14-6-4-5-12(2)9-14/h4-10H,3,11H2,1-2H3,(H2,20,21). The quantitative estimate of drug-likeness (QED) is 0.354. The van der Waals surface area contributed by atoms with Gasteiger partial charge in [-0.25, -0.2) is 4.79 Å². The van der Waals surface area contributed by atoms with Crippen molar-refractivity contribution >= 4 is 27.7 Å². The summed E-state index contributed by atoms with van der Waals surface area (Å²) in [5.74, 6) is 0.0809. The number of carbonyl (C=O) groups is 1. The molecule has 2 aromatic rings. The fourth-order valence-electron chi connectivity index (χ4n) is 2.00. The van der Waals surface area contributed by atoms with E-state index < -0.39 is 5.97 Å². The lowest BCUT2D eigenvalue weighted by molar-refractivity contribution is -0.146. The number of nitrogens with zero attached hydrogens (tertiary/aromatic N) is 1. The number of ether oxygens (including phenoxy) is 1. The maximum absolute atomic E-state index is 11.7. The van der Waals surface area contributed by atoms with E-state index in [9.17, 15) is 4.79 Å². The number of hydrogen-bond donors (Lipinski definition) is 1. The van der Waals surface area contributed by atoms with Crippen LogP contribution in [0.2, 0.25) is 0 Å². The van der Waals surface area contributed by atoms with Crippen LogP contribution in [0.3, 0.4) is 0 Å². The summed E-state index contributed by atoms with van der Waals surface area (Å²) in [6, 6.07) is 13.2. The van der Waals surface area contributed by atoms with Gasteiger partial charge in [0.15, 0.2) is 12.4 Å². The average molecular weight is 391 g/mol. The van der Waals surface area contributed by atoms with Crippen molar-refractivity contribution in [2.75, 3.05) is 6.61 Å². The topological polar surface area (TPSA) is 73.9 Å². The van der Waals surface area contributed by atoms with Crippen molar-refractivity contribution in [1.29, 1.82) is 0 Å². The summed E-state index contributed by atoms with van der Waals surface area (Å²) in [5, 5.41) is 3.65. The zero-order valence-electron chi connectivity index (χ0n) is 13.6. The summed E-state index contributed by atoms with van der Waals surface area (Å²) in [6.07, 6.45) is 0.924. The molecule has 0 radical (unpaired) electrons. The molecule has 24 heavy (non-hydrogen) atoms. The Morgan fingerprint density at radius 1 is 1.25 bits per heavy atom. The van der Waals surface area contributed by atoms with E-state index in [1.54, 1.807) is 12.1 Å². The van der Waals surface area contributed by atoms with Crippen LogP contribution in [0.5, 0.6) is 5.75 Å². The zero-order chi connectivity index (χ0) is 17.5. The predicted octanol–water partition coefficient (Wildman–Crippen LogP) is 3.56. The van der Waals surface area contributed by atoms with Gasteiger partial charge in [0.05, 0.1) is 4.47 Å².